The quantitative estimate of drug-likeness (QED) is 0.773. The van der Waals surface area contributed by atoms with Gasteiger partial charge < -0.3 is 4.90 Å². The van der Waals surface area contributed by atoms with E-state index in [9.17, 15) is 14.4 Å². The van der Waals surface area contributed by atoms with Crippen LogP contribution < -0.4 is 0 Å². The molecule has 6 nitrogen and oxygen atoms in total. The Balaban J connectivity index is 1.34. The van der Waals surface area contributed by atoms with Crippen molar-refractivity contribution in [2.45, 2.75) is 19.4 Å². The molecule has 2 aliphatic heterocycles. The van der Waals surface area contributed by atoms with E-state index in [1.165, 1.54) is 16.3 Å². The van der Waals surface area contributed by atoms with Crippen molar-refractivity contribution < 1.29 is 14.4 Å². The fourth-order valence-corrected chi connectivity index (χ4v) is 3.86. The van der Waals surface area contributed by atoms with E-state index in [2.05, 4.69) is 41.3 Å². The van der Waals surface area contributed by atoms with E-state index in [1.807, 2.05) is 6.07 Å². The van der Waals surface area contributed by atoms with Gasteiger partial charge in [0, 0.05) is 45.6 Å². The Kier molecular flexibility index (Phi) is 4.90. The van der Waals surface area contributed by atoms with Crippen LogP contribution >= 0.6 is 0 Å². The van der Waals surface area contributed by atoms with E-state index in [0.717, 1.165) is 24.5 Å². The highest BCUT2D eigenvalue weighted by molar-refractivity contribution is 6.04. The van der Waals surface area contributed by atoms with Crippen LogP contribution in [-0.4, -0.2) is 65.1 Å². The van der Waals surface area contributed by atoms with Crippen molar-refractivity contribution >= 4 is 28.5 Å². The predicted octanol–water partition coefficient (Wildman–Crippen LogP) is 1.63. The van der Waals surface area contributed by atoms with Gasteiger partial charge in [-0.3, -0.25) is 24.2 Å². The number of carbonyl (C=O) groups excluding carboxylic acids is 3. The van der Waals surface area contributed by atoms with Gasteiger partial charge in [0.2, 0.25) is 17.7 Å². The van der Waals surface area contributed by atoms with Crippen LogP contribution in [0.5, 0.6) is 0 Å². The first kappa shape index (κ1) is 17.7. The number of imide groups is 1. The Labute approximate surface area is 158 Å². The molecule has 0 bridgehead atoms. The molecule has 3 amide bonds. The van der Waals surface area contributed by atoms with Gasteiger partial charge in [0.25, 0.3) is 0 Å². The summed E-state index contributed by atoms with van der Waals surface area (Å²) in [7, 11) is 0. The lowest BCUT2D eigenvalue weighted by Crippen LogP contribution is -2.51. The van der Waals surface area contributed by atoms with Crippen LogP contribution in [0.15, 0.2) is 42.5 Å². The minimum absolute atomic E-state index is 0.110. The Bertz CT molecular complexity index is 866. The molecule has 2 saturated heterocycles. The second-order valence-corrected chi connectivity index (χ2v) is 7.17. The van der Waals surface area contributed by atoms with Gasteiger partial charge in [-0.1, -0.05) is 42.5 Å². The lowest BCUT2D eigenvalue weighted by Gasteiger charge is -2.35. The SMILES string of the molecule is O=C(CN1C(=O)CCC1=O)N1CCN(Cc2cccc3ccccc23)CC1. The standard InChI is InChI=1S/C21H23N3O3/c25-19-8-9-20(26)24(19)15-21(27)23-12-10-22(11-13-23)14-17-6-3-5-16-4-1-2-7-18(16)17/h1-7H,8-15H2. The molecule has 0 saturated carbocycles. The number of nitrogens with zero attached hydrogens (tertiary/aromatic N) is 3. The van der Waals surface area contributed by atoms with Crippen LogP contribution in [0.25, 0.3) is 10.8 Å². The number of piperazine rings is 1. The molecule has 2 aromatic rings. The first-order valence-corrected chi connectivity index (χ1v) is 9.42. The highest BCUT2D eigenvalue weighted by atomic mass is 16.2. The van der Waals surface area contributed by atoms with Crippen molar-refractivity contribution in [2.75, 3.05) is 32.7 Å². The number of amides is 3. The average Bonchev–Trinajstić information content (AvgIpc) is 3.01. The summed E-state index contributed by atoms with van der Waals surface area (Å²) in [5.74, 6) is -0.603. The predicted molar refractivity (Wildman–Crippen MR) is 102 cm³/mol. The van der Waals surface area contributed by atoms with Gasteiger partial charge >= 0.3 is 0 Å². The van der Waals surface area contributed by atoms with Crippen molar-refractivity contribution in [3.63, 3.8) is 0 Å². The fraction of sp³-hybridized carbons (Fsp3) is 0.381. The second-order valence-electron chi connectivity index (χ2n) is 7.17. The molecule has 2 fully saturated rings. The van der Waals surface area contributed by atoms with Gasteiger partial charge in [-0.25, -0.2) is 0 Å². The van der Waals surface area contributed by atoms with E-state index < -0.39 is 0 Å². The van der Waals surface area contributed by atoms with Crippen molar-refractivity contribution in [1.29, 1.82) is 0 Å². The third-order valence-electron chi connectivity index (χ3n) is 5.45. The van der Waals surface area contributed by atoms with E-state index in [-0.39, 0.29) is 37.1 Å². The zero-order chi connectivity index (χ0) is 18.8. The number of fused-ring (bicyclic) bond motifs is 1. The summed E-state index contributed by atoms with van der Waals surface area (Å²) >= 11 is 0. The Hall–Kier alpha value is -2.73. The molecule has 2 heterocycles. The Morgan fingerprint density at radius 2 is 1.52 bits per heavy atom. The molecule has 4 rings (SSSR count). The summed E-state index contributed by atoms with van der Waals surface area (Å²) in [5.41, 5.74) is 1.29. The summed E-state index contributed by atoms with van der Waals surface area (Å²) in [6, 6.07) is 14.7. The lowest BCUT2D eigenvalue weighted by molar-refractivity contribution is -0.146. The summed E-state index contributed by atoms with van der Waals surface area (Å²) in [4.78, 5) is 41.0. The number of rotatable bonds is 4. The summed E-state index contributed by atoms with van der Waals surface area (Å²) < 4.78 is 0. The van der Waals surface area contributed by atoms with E-state index in [4.69, 9.17) is 0 Å². The molecule has 0 aromatic heterocycles. The lowest BCUT2D eigenvalue weighted by atomic mass is 10.0. The maximum atomic E-state index is 12.4. The van der Waals surface area contributed by atoms with E-state index >= 15 is 0 Å². The highest BCUT2D eigenvalue weighted by Crippen LogP contribution is 2.20. The molecular formula is C21H23N3O3. The molecule has 0 aliphatic carbocycles. The molecule has 0 spiro atoms. The van der Waals surface area contributed by atoms with Crippen LogP contribution in [0.3, 0.4) is 0 Å². The number of carbonyl (C=O) groups is 3. The van der Waals surface area contributed by atoms with Gasteiger partial charge in [0.1, 0.15) is 6.54 Å². The van der Waals surface area contributed by atoms with Gasteiger partial charge in [0.05, 0.1) is 0 Å². The van der Waals surface area contributed by atoms with Gasteiger partial charge in [-0.2, -0.15) is 0 Å². The topological polar surface area (TPSA) is 60.9 Å². The molecule has 0 N–H and O–H groups in total. The van der Waals surface area contributed by atoms with Crippen LogP contribution in [0.4, 0.5) is 0 Å². The maximum Gasteiger partial charge on any atom is 0.242 e. The number of likely N-dealkylation sites (tertiary alicyclic amines) is 1. The molecular weight excluding hydrogens is 342 g/mol. The number of benzene rings is 2. The van der Waals surface area contributed by atoms with E-state index in [1.54, 1.807) is 4.90 Å². The van der Waals surface area contributed by atoms with Crippen molar-refractivity contribution in [3.05, 3.63) is 48.0 Å². The second kappa shape index (κ2) is 7.48. The zero-order valence-electron chi connectivity index (χ0n) is 15.3. The van der Waals surface area contributed by atoms with Crippen molar-refractivity contribution in [2.24, 2.45) is 0 Å². The highest BCUT2D eigenvalue weighted by Gasteiger charge is 2.32. The maximum absolute atomic E-state index is 12.4. The van der Waals surface area contributed by atoms with Crippen LogP contribution in [0.2, 0.25) is 0 Å². The Morgan fingerprint density at radius 3 is 2.26 bits per heavy atom. The van der Waals surface area contributed by atoms with Gasteiger partial charge in [-0.15, -0.1) is 0 Å². The molecule has 0 radical (unpaired) electrons. The third-order valence-corrected chi connectivity index (χ3v) is 5.45. The van der Waals surface area contributed by atoms with Gasteiger partial charge in [-0.05, 0) is 16.3 Å². The number of hydrogen-bond acceptors (Lipinski definition) is 4. The van der Waals surface area contributed by atoms with Crippen LogP contribution in [-0.2, 0) is 20.9 Å². The van der Waals surface area contributed by atoms with E-state index in [0.29, 0.717) is 13.1 Å². The van der Waals surface area contributed by atoms with Crippen LogP contribution in [0.1, 0.15) is 18.4 Å². The van der Waals surface area contributed by atoms with Crippen LogP contribution in [0, 0.1) is 0 Å². The Morgan fingerprint density at radius 1 is 0.852 bits per heavy atom. The smallest absolute Gasteiger partial charge is 0.242 e. The third kappa shape index (κ3) is 3.71. The van der Waals surface area contributed by atoms with Gasteiger partial charge in [0.15, 0.2) is 0 Å². The molecule has 6 heteroatoms. The molecule has 27 heavy (non-hydrogen) atoms. The molecule has 0 unspecified atom stereocenters. The summed E-state index contributed by atoms with van der Waals surface area (Å²) in [6.07, 6.45) is 0.454. The molecule has 0 atom stereocenters. The van der Waals surface area contributed by atoms with Crippen molar-refractivity contribution in [3.8, 4) is 0 Å². The molecule has 2 aromatic carbocycles. The number of hydrogen-bond donors (Lipinski definition) is 0. The first-order valence-electron chi connectivity index (χ1n) is 9.42. The molecule has 2 aliphatic rings. The summed E-state index contributed by atoms with van der Waals surface area (Å²) in [5, 5.41) is 2.51. The normalized spacial score (nSPS) is 18.5. The van der Waals surface area contributed by atoms with Crippen molar-refractivity contribution in [1.82, 2.24) is 14.7 Å². The minimum atomic E-state index is -0.233. The minimum Gasteiger partial charge on any atom is -0.339 e. The molecule has 140 valence electrons. The summed E-state index contributed by atoms with van der Waals surface area (Å²) in [6.45, 7) is 3.57. The largest absolute Gasteiger partial charge is 0.339 e. The average molecular weight is 365 g/mol. The fourth-order valence-electron chi connectivity index (χ4n) is 3.86. The zero-order valence-corrected chi connectivity index (χ0v) is 15.3. The first-order chi connectivity index (χ1) is 13.1. The monoisotopic (exact) mass is 365 g/mol.